The number of aromatic nitrogens is 4. The fourth-order valence-corrected chi connectivity index (χ4v) is 7.46. The molecular formula is C52H34N4. The molecule has 0 saturated heterocycles. The molecule has 0 saturated carbocycles. The highest BCUT2D eigenvalue weighted by atomic mass is 15.0. The monoisotopic (exact) mass is 714 g/mol. The van der Waals surface area contributed by atoms with Gasteiger partial charge in [-0.2, -0.15) is 0 Å². The summed E-state index contributed by atoms with van der Waals surface area (Å²) >= 11 is 0. The standard InChI is InChI=1S/C52H34N4/c1-4-13-35(14-5-1)43-20-12-21-44(33-43)52-55-50(41-18-8-3-9-19-41)54-51(56-52)42-29-25-37(26-30-42)36-23-27-39(28-24-36)46-34-48(40-16-6-2-7-17-40)53-47-32-31-38-15-10-11-22-45(38)49(46)47/h1-34H. The summed E-state index contributed by atoms with van der Waals surface area (Å²) < 4.78 is 0. The molecule has 8 aromatic carbocycles. The van der Waals surface area contributed by atoms with E-state index >= 15 is 0 Å². The van der Waals surface area contributed by atoms with Crippen LogP contribution in [0.15, 0.2) is 206 Å². The first-order valence-electron chi connectivity index (χ1n) is 18.8. The van der Waals surface area contributed by atoms with Gasteiger partial charge in [0, 0.05) is 27.6 Å². The molecule has 10 aromatic rings. The minimum absolute atomic E-state index is 0.631. The van der Waals surface area contributed by atoms with E-state index in [9.17, 15) is 0 Å². The van der Waals surface area contributed by atoms with E-state index in [1.165, 1.54) is 21.7 Å². The lowest BCUT2D eigenvalue weighted by Gasteiger charge is -2.14. The fraction of sp³-hybridized carbons (Fsp3) is 0. The van der Waals surface area contributed by atoms with Crippen LogP contribution in [0, 0.1) is 0 Å². The number of fused-ring (bicyclic) bond motifs is 3. The Morgan fingerprint density at radius 3 is 1.39 bits per heavy atom. The van der Waals surface area contributed by atoms with Gasteiger partial charge in [-0.15, -0.1) is 0 Å². The van der Waals surface area contributed by atoms with Crippen LogP contribution in [-0.4, -0.2) is 19.9 Å². The zero-order chi connectivity index (χ0) is 37.3. The molecule has 0 N–H and O–H groups in total. The molecule has 0 radical (unpaired) electrons. The molecule has 4 heteroatoms. The SMILES string of the molecule is c1ccc(-c2cccc(-c3nc(-c4ccccc4)nc(-c4ccc(-c5ccc(-c6cc(-c7ccccc7)nc7ccc8ccccc8c67)cc5)cc4)n3)c2)cc1. The van der Waals surface area contributed by atoms with Gasteiger partial charge in [0.15, 0.2) is 17.5 Å². The third-order valence-electron chi connectivity index (χ3n) is 10.3. The van der Waals surface area contributed by atoms with Gasteiger partial charge < -0.3 is 0 Å². The summed E-state index contributed by atoms with van der Waals surface area (Å²) in [4.78, 5) is 20.1. The first-order chi connectivity index (χ1) is 27.7. The van der Waals surface area contributed by atoms with Gasteiger partial charge in [0.05, 0.1) is 11.2 Å². The Hall–Kier alpha value is -7.56. The molecular weight excluding hydrogens is 681 g/mol. The number of pyridine rings is 1. The van der Waals surface area contributed by atoms with Crippen molar-refractivity contribution in [3.8, 4) is 78.8 Å². The van der Waals surface area contributed by atoms with Crippen LogP contribution in [0.3, 0.4) is 0 Å². The summed E-state index contributed by atoms with van der Waals surface area (Å²) in [5.41, 5.74) is 12.7. The van der Waals surface area contributed by atoms with E-state index < -0.39 is 0 Å². The van der Waals surface area contributed by atoms with Crippen molar-refractivity contribution in [2.24, 2.45) is 0 Å². The minimum Gasteiger partial charge on any atom is -0.248 e. The van der Waals surface area contributed by atoms with Crippen molar-refractivity contribution in [2.45, 2.75) is 0 Å². The van der Waals surface area contributed by atoms with Gasteiger partial charge in [-0.1, -0.05) is 188 Å². The highest BCUT2D eigenvalue weighted by Crippen LogP contribution is 2.38. The van der Waals surface area contributed by atoms with Gasteiger partial charge in [-0.25, -0.2) is 19.9 Å². The van der Waals surface area contributed by atoms with Crippen molar-refractivity contribution >= 4 is 21.7 Å². The zero-order valence-corrected chi connectivity index (χ0v) is 30.4. The summed E-state index contributed by atoms with van der Waals surface area (Å²) in [6, 6.07) is 71.7. The van der Waals surface area contributed by atoms with Crippen LogP contribution < -0.4 is 0 Å². The van der Waals surface area contributed by atoms with Crippen molar-refractivity contribution in [1.82, 2.24) is 19.9 Å². The number of hydrogen-bond donors (Lipinski definition) is 0. The predicted molar refractivity (Wildman–Crippen MR) is 231 cm³/mol. The maximum atomic E-state index is 5.13. The van der Waals surface area contributed by atoms with Gasteiger partial charge in [0.1, 0.15) is 0 Å². The van der Waals surface area contributed by atoms with E-state index in [1.807, 2.05) is 42.5 Å². The number of benzene rings is 8. The Bertz CT molecular complexity index is 2980. The highest BCUT2D eigenvalue weighted by Gasteiger charge is 2.15. The summed E-state index contributed by atoms with van der Waals surface area (Å²) in [6.07, 6.45) is 0. The largest absolute Gasteiger partial charge is 0.248 e. The normalized spacial score (nSPS) is 11.2. The average Bonchev–Trinajstić information content (AvgIpc) is 3.29. The van der Waals surface area contributed by atoms with Gasteiger partial charge in [-0.05, 0) is 62.4 Å². The molecule has 0 unspecified atom stereocenters. The first-order valence-corrected chi connectivity index (χ1v) is 18.8. The predicted octanol–water partition coefficient (Wildman–Crippen LogP) is 13.2. The van der Waals surface area contributed by atoms with Gasteiger partial charge in [0.25, 0.3) is 0 Å². The summed E-state index contributed by atoms with van der Waals surface area (Å²) in [6.45, 7) is 0. The quantitative estimate of drug-likeness (QED) is 0.154. The van der Waals surface area contributed by atoms with E-state index in [1.54, 1.807) is 0 Å². The van der Waals surface area contributed by atoms with Crippen molar-refractivity contribution in [1.29, 1.82) is 0 Å². The van der Waals surface area contributed by atoms with Crippen LogP contribution >= 0.6 is 0 Å². The number of rotatable bonds is 7. The second-order valence-corrected chi connectivity index (χ2v) is 13.9. The van der Waals surface area contributed by atoms with E-state index in [0.29, 0.717) is 17.5 Å². The smallest absolute Gasteiger partial charge is 0.164 e. The molecule has 0 bridgehead atoms. The van der Waals surface area contributed by atoms with Gasteiger partial charge in [-0.3, -0.25) is 0 Å². The molecule has 0 fully saturated rings. The third-order valence-corrected chi connectivity index (χ3v) is 10.3. The van der Waals surface area contributed by atoms with Gasteiger partial charge >= 0.3 is 0 Å². The molecule has 0 spiro atoms. The Kier molecular flexibility index (Phi) is 8.47. The van der Waals surface area contributed by atoms with Crippen LogP contribution in [0.2, 0.25) is 0 Å². The average molecular weight is 715 g/mol. The van der Waals surface area contributed by atoms with E-state index in [0.717, 1.165) is 61.3 Å². The number of hydrogen-bond acceptors (Lipinski definition) is 4. The Balaban J connectivity index is 1.01. The molecule has 0 aliphatic rings. The molecule has 0 atom stereocenters. The summed E-state index contributed by atoms with van der Waals surface area (Å²) in [5.74, 6) is 1.91. The molecule has 2 aromatic heterocycles. The fourth-order valence-electron chi connectivity index (χ4n) is 7.46. The van der Waals surface area contributed by atoms with Crippen molar-refractivity contribution in [3.05, 3.63) is 206 Å². The summed E-state index contributed by atoms with van der Waals surface area (Å²) in [7, 11) is 0. The van der Waals surface area contributed by atoms with E-state index in [4.69, 9.17) is 19.9 Å². The maximum absolute atomic E-state index is 5.13. The molecule has 56 heavy (non-hydrogen) atoms. The molecule has 2 heterocycles. The Labute approximate surface area is 325 Å². The molecule has 0 aliphatic heterocycles. The van der Waals surface area contributed by atoms with E-state index in [2.05, 4.69) is 164 Å². The molecule has 0 amide bonds. The second-order valence-electron chi connectivity index (χ2n) is 13.9. The maximum Gasteiger partial charge on any atom is 0.164 e. The second kappa shape index (κ2) is 14.3. The van der Waals surface area contributed by atoms with Gasteiger partial charge in [0.2, 0.25) is 0 Å². The van der Waals surface area contributed by atoms with Crippen LogP contribution in [0.4, 0.5) is 0 Å². The molecule has 4 nitrogen and oxygen atoms in total. The third kappa shape index (κ3) is 6.40. The minimum atomic E-state index is 0.631. The van der Waals surface area contributed by atoms with Crippen LogP contribution in [0.25, 0.3) is 100 Å². The molecule has 262 valence electrons. The topological polar surface area (TPSA) is 51.6 Å². The van der Waals surface area contributed by atoms with Crippen LogP contribution in [-0.2, 0) is 0 Å². The first kappa shape index (κ1) is 33.0. The van der Waals surface area contributed by atoms with Crippen LogP contribution in [0.5, 0.6) is 0 Å². The Morgan fingerprint density at radius 2 is 0.732 bits per heavy atom. The lowest BCUT2D eigenvalue weighted by Crippen LogP contribution is -2.00. The van der Waals surface area contributed by atoms with Crippen molar-refractivity contribution in [3.63, 3.8) is 0 Å². The lowest BCUT2D eigenvalue weighted by molar-refractivity contribution is 1.07. The van der Waals surface area contributed by atoms with Crippen LogP contribution in [0.1, 0.15) is 0 Å². The highest BCUT2D eigenvalue weighted by molar-refractivity contribution is 6.13. The zero-order valence-electron chi connectivity index (χ0n) is 30.4. The lowest BCUT2D eigenvalue weighted by atomic mass is 9.93. The molecule has 10 rings (SSSR count). The van der Waals surface area contributed by atoms with E-state index in [-0.39, 0.29) is 0 Å². The van der Waals surface area contributed by atoms with Crippen molar-refractivity contribution < 1.29 is 0 Å². The summed E-state index contributed by atoms with van der Waals surface area (Å²) in [5, 5.41) is 3.57. The number of nitrogens with zero attached hydrogens (tertiary/aromatic N) is 4. The van der Waals surface area contributed by atoms with Crippen molar-refractivity contribution in [2.75, 3.05) is 0 Å². The molecule has 0 aliphatic carbocycles. The Morgan fingerprint density at radius 1 is 0.268 bits per heavy atom.